The van der Waals surface area contributed by atoms with E-state index in [9.17, 15) is 0 Å². The molecular formula is C16H25NO. The van der Waals surface area contributed by atoms with Gasteiger partial charge in [-0.2, -0.15) is 0 Å². The van der Waals surface area contributed by atoms with Gasteiger partial charge in [0.15, 0.2) is 0 Å². The van der Waals surface area contributed by atoms with E-state index in [1.54, 1.807) is 0 Å². The van der Waals surface area contributed by atoms with Crippen molar-refractivity contribution in [3.8, 4) is 5.75 Å². The van der Waals surface area contributed by atoms with Crippen molar-refractivity contribution >= 4 is 0 Å². The minimum atomic E-state index is 0.0238. The molecule has 0 aliphatic heterocycles. The summed E-state index contributed by atoms with van der Waals surface area (Å²) in [5.41, 5.74) is 8.96. The van der Waals surface area contributed by atoms with Gasteiger partial charge in [0.25, 0.3) is 0 Å². The molecule has 0 saturated heterocycles. The third-order valence-corrected chi connectivity index (χ3v) is 4.26. The van der Waals surface area contributed by atoms with Crippen LogP contribution in [0.5, 0.6) is 5.75 Å². The predicted molar refractivity (Wildman–Crippen MR) is 76.0 cm³/mol. The molecule has 1 aliphatic rings. The van der Waals surface area contributed by atoms with Gasteiger partial charge in [-0.15, -0.1) is 0 Å². The molecule has 2 N–H and O–H groups in total. The Morgan fingerprint density at radius 1 is 1.17 bits per heavy atom. The second kappa shape index (κ2) is 5.75. The lowest BCUT2D eigenvalue weighted by atomic mass is 9.80. The van der Waals surface area contributed by atoms with Crippen LogP contribution in [0.1, 0.15) is 49.7 Å². The van der Waals surface area contributed by atoms with E-state index in [2.05, 4.69) is 26.0 Å². The Kier molecular flexibility index (Phi) is 4.28. The molecule has 0 unspecified atom stereocenters. The van der Waals surface area contributed by atoms with E-state index in [4.69, 9.17) is 10.5 Å². The lowest BCUT2D eigenvalue weighted by molar-refractivity contribution is 0.213. The van der Waals surface area contributed by atoms with Crippen LogP contribution in [0.15, 0.2) is 18.2 Å². The summed E-state index contributed by atoms with van der Waals surface area (Å²) in [4.78, 5) is 0. The molecule has 0 bridgehead atoms. The van der Waals surface area contributed by atoms with E-state index >= 15 is 0 Å². The van der Waals surface area contributed by atoms with Crippen molar-refractivity contribution in [1.29, 1.82) is 0 Å². The van der Waals surface area contributed by atoms with E-state index in [1.807, 2.05) is 6.07 Å². The highest BCUT2D eigenvalue weighted by molar-refractivity contribution is 5.38. The minimum Gasteiger partial charge on any atom is -0.493 e. The Labute approximate surface area is 111 Å². The van der Waals surface area contributed by atoms with Crippen LogP contribution >= 0.6 is 0 Å². The molecule has 0 aromatic heterocycles. The molecule has 18 heavy (non-hydrogen) atoms. The van der Waals surface area contributed by atoms with Crippen molar-refractivity contribution in [3.05, 3.63) is 29.3 Å². The molecule has 2 heteroatoms. The maximum absolute atomic E-state index is 6.41. The van der Waals surface area contributed by atoms with Crippen LogP contribution in [-0.4, -0.2) is 12.1 Å². The highest BCUT2D eigenvalue weighted by atomic mass is 16.5. The topological polar surface area (TPSA) is 35.2 Å². The number of rotatable bonds is 4. The van der Waals surface area contributed by atoms with Crippen LogP contribution in [-0.2, 0) is 0 Å². The van der Waals surface area contributed by atoms with Crippen LogP contribution in [0, 0.1) is 13.8 Å². The van der Waals surface area contributed by atoms with E-state index < -0.39 is 0 Å². The molecule has 0 heterocycles. The first kappa shape index (κ1) is 13.4. The average molecular weight is 247 g/mol. The van der Waals surface area contributed by atoms with Crippen LogP contribution < -0.4 is 10.5 Å². The molecule has 2 nitrogen and oxygen atoms in total. The largest absolute Gasteiger partial charge is 0.493 e. The molecule has 1 saturated carbocycles. The quantitative estimate of drug-likeness (QED) is 0.879. The first-order chi connectivity index (χ1) is 8.61. The van der Waals surface area contributed by atoms with E-state index in [0.717, 1.165) is 31.6 Å². The van der Waals surface area contributed by atoms with Crippen molar-refractivity contribution < 1.29 is 4.74 Å². The second-order valence-corrected chi connectivity index (χ2v) is 5.72. The van der Waals surface area contributed by atoms with Crippen molar-refractivity contribution in [3.63, 3.8) is 0 Å². The van der Waals surface area contributed by atoms with Crippen molar-refractivity contribution in [2.45, 2.75) is 57.9 Å². The number of hydrogen-bond acceptors (Lipinski definition) is 2. The smallest absolute Gasteiger partial charge is 0.122 e. The van der Waals surface area contributed by atoms with Crippen molar-refractivity contribution in [1.82, 2.24) is 0 Å². The first-order valence-electron chi connectivity index (χ1n) is 7.09. The van der Waals surface area contributed by atoms with E-state index in [0.29, 0.717) is 0 Å². The lowest BCUT2D eigenvalue weighted by Gasteiger charge is -2.33. The molecule has 0 atom stereocenters. The van der Waals surface area contributed by atoms with Gasteiger partial charge in [0.1, 0.15) is 5.75 Å². The molecule has 1 aromatic rings. The van der Waals surface area contributed by atoms with E-state index in [-0.39, 0.29) is 5.54 Å². The summed E-state index contributed by atoms with van der Waals surface area (Å²) in [6.07, 6.45) is 7.18. The molecule has 1 fully saturated rings. The Morgan fingerprint density at radius 3 is 2.61 bits per heavy atom. The zero-order valence-electron chi connectivity index (χ0n) is 11.7. The maximum atomic E-state index is 6.41. The predicted octanol–water partition coefficient (Wildman–Crippen LogP) is 3.73. The third-order valence-electron chi connectivity index (χ3n) is 4.26. The Bertz CT molecular complexity index is 394. The molecule has 0 spiro atoms. The average Bonchev–Trinajstić information content (AvgIpc) is 2.35. The van der Waals surface area contributed by atoms with Gasteiger partial charge in [-0.1, -0.05) is 31.4 Å². The van der Waals surface area contributed by atoms with Gasteiger partial charge in [0.05, 0.1) is 6.61 Å². The Hall–Kier alpha value is -1.02. The Balaban J connectivity index is 1.86. The normalized spacial score (nSPS) is 18.6. The molecule has 0 radical (unpaired) electrons. The number of aryl methyl sites for hydroxylation is 1. The fourth-order valence-corrected chi connectivity index (χ4v) is 2.75. The summed E-state index contributed by atoms with van der Waals surface area (Å²) >= 11 is 0. The van der Waals surface area contributed by atoms with Gasteiger partial charge in [0.2, 0.25) is 0 Å². The fourth-order valence-electron chi connectivity index (χ4n) is 2.75. The summed E-state index contributed by atoms with van der Waals surface area (Å²) in [7, 11) is 0. The zero-order chi connectivity index (χ0) is 13.0. The number of nitrogens with two attached hydrogens (primary N) is 1. The summed E-state index contributed by atoms with van der Waals surface area (Å²) in [5.74, 6) is 1.01. The lowest BCUT2D eigenvalue weighted by Crippen LogP contribution is -2.42. The summed E-state index contributed by atoms with van der Waals surface area (Å²) in [6, 6.07) is 6.22. The maximum Gasteiger partial charge on any atom is 0.122 e. The highest BCUT2D eigenvalue weighted by Gasteiger charge is 2.27. The van der Waals surface area contributed by atoms with Gasteiger partial charge in [-0.3, -0.25) is 0 Å². The molecule has 2 rings (SSSR count). The summed E-state index contributed by atoms with van der Waals surface area (Å²) in [5, 5.41) is 0. The summed E-state index contributed by atoms with van der Waals surface area (Å²) < 4.78 is 5.91. The van der Waals surface area contributed by atoms with Crippen molar-refractivity contribution in [2.75, 3.05) is 6.61 Å². The monoisotopic (exact) mass is 247 g/mol. The minimum absolute atomic E-state index is 0.0238. The third kappa shape index (κ3) is 3.26. The zero-order valence-corrected chi connectivity index (χ0v) is 11.7. The molecule has 1 aliphatic carbocycles. The molecule has 100 valence electrons. The van der Waals surface area contributed by atoms with Gasteiger partial charge >= 0.3 is 0 Å². The number of benzene rings is 1. The summed E-state index contributed by atoms with van der Waals surface area (Å²) in [6.45, 7) is 4.97. The van der Waals surface area contributed by atoms with Gasteiger partial charge in [0, 0.05) is 5.54 Å². The van der Waals surface area contributed by atoms with Gasteiger partial charge < -0.3 is 10.5 Å². The number of ether oxygens (including phenoxy) is 1. The van der Waals surface area contributed by atoms with E-state index in [1.165, 1.54) is 30.4 Å². The van der Waals surface area contributed by atoms with Crippen LogP contribution in [0.25, 0.3) is 0 Å². The molecular weight excluding hydrogens is 222 g/mol. The second-order valence-electron chi connectivity index (χ2n) is 5.72. The fraction of sp³-hybridized carbons (Fsp3) is 0.625. The van der Waals surface area contributed by atoms with Crippen LogP contribution in [0.2, 0.25) is 0 Å². The number of hydrogen-bond donors (Lipinski definition) is 1. The molecule has 0 amide bonds. The van der Waals surface area contributed by atoms with Gasteiger partial charge in [-0.05, 0) is 50.3 Å². The van der Waals surface area contributed by atoms with Crippen LogP contribution in [0.3, 0.4) is 0 Å². The standard InChI is InChI=1S/C16H25NO/c1-13-7-6-8-15(14(13)2)18-12-11-16(17)9-4-3-5-10-16/h6-8H,3-5,9-12,17H2,1-2H3. The first-order valence-corrected chi connectivity index (χ1v) is 7.09. The van der Waals surface area contributed by atoms with Crippen molar-refractivity contribution in [2.24, 2.45) is 5.73 Å². The SMILES string of the molecule is Cc1cccc(OCCC2(N)CCCCC2)c1C. The van der Waals surface area contributed by atoms with Gasteiger partial charge in [-0.25, -0.2) is 0 Å². The van der Waals surface area contributed by atoms with Crippen LogP contribution in [0.4, 0.5) is 0 Å². The molecule has 1 aromatic carbocycles. The Morgan fingerprint density at radius 2 is 1.89 bits per heavy atom. The highest BCUT2D eigenvalue weighted by Crippen LogP contribution is 2.29.